The highest BCUT2D eigenvalue weighted by molar-refractivity contribution is 6.31. The van der Waals surface area contributed by atoms with E-state index in [9.17, 15) is 4.79 Å². The molecule has 2 aromatic carbocycles. The Balaban J connectivity index is 2.29. The van der Waals surface area contributed by atoms with Gasteiger partial charge in [-0.25, -0.2) is 4.79 Å². The van der Waals surface area contributed by atoms with E-state index in [2.05, 4.69) is 0 Å². The summed E-state index contributed by atoms with van der Waals surface area (Å²) in [5.41, 5.74) is 0.514. The van der Waals surface area contributed by atoms with Crippen LogP contribution in [0, 0.1) is 0 Å². The highest BCUT2D eigenvalue weighted by atomic mass is 35.5. The lowest BCUT2D eigenvalue weighted by atomic mass is 10.1. The summed E-state index contributed by atoms with van der Waals surface area (Å²) >= 11 is 5.87. The molecule has 88 valence electrons. The van der Waals surface area contributed by atoms with Gasteiger partial charge in [0.1, 0.15) is 5.76 Å². The molecule has 0 bridgehead atoms. The first kappa shape index (κ1) is 11.1. The minimum absolute atomic E-state index is 0.367. The second-order valence-electron chi connectivity index (χ2n) is 4.00. The molecule has 3 heteroatoms. The molecule has 3 rings (SSSR count). The summed E-state index contributed by atoms with van der Waals surface area (Å²) in [7, 11) is 0. The predicted molar refractivity (Wildman–Crippen MR) is 72.9 cm³/mol. The summed E-state index contributed by atoms with van der Waals surface area (Å²) in [6.07, 6.45) is 0. The first-order valence-corrected chi connectivity index (χ1v) is 5.91. The average molecular weight is 257 g/mol. The Morgan fingerprint density at radius 1 is 0.944 bits per heavy atom. The molecule has 0 unspecified atom stereocenters. The highest BCUT2D eigenvalue weighted by Crippen LogP contribution is 2.23. The second-order valence-corrected chi connectivity index (χ2v) is 4.43. The van der Waals surface area contributed by atoms with Crippen LogP contribution in [0.1, 0.15) is 0 Å². The second kappa shape index (κ2) is 4.31. The molecule has 3 aromatic rings. The molecule has 0 saturated heterocycles. The maximum Gasteiger partial charge on any atom is 0.344 e. The first-order valence-electron chi connectivity index (χ1n) is 5.53. The van der Waals surface area contributed by atoms with Gasteiger partial charge in [-0.2, -0.15) is 0 Å². The molecule has 0 saturated carbocycles. The van der Waals surface area contributed by atoms with Crippen molar-refractivity contribution in [1.29, 1.82) is 0 Å². The first-order chi connectivity index (χ1) is 8.74. The lowest BCUT2D eigenvalue weighted by Gasteiger charge is -2.02. The third-order valence-electron chi connectivity index (χ3n) is 2.78. The minimum Gasteiger partial charge on any atom is -0.422 e. The van der Waals surface area contributed by atoms with Crippen molar-refractivity contribution in [2.75, 3.05) is 0 Å². The summed E-state index contributed by atoms with van der Waals surface area (Å²) < 4.78 is 5.32. The Labute approximate surface area is 108 Å². The molecular weight excluding hydrogens is 248 g/mol. The molecular formula is C15H9ClO2. The molecule has 0 atom stereocenters. The summed E-state index contributed by atoms with van der Waals surface area (Å²) in [5.74, 6) is 0.565. The van der Waals surface area contributed by atoms with Crippen LogP contribution in [0.2, 0.25) is 5.02 Å². The zero-order chi connectivity index (χ0) is 12.5. The molecule has 0 spiro atoms. The van der Waals surface area contributed by atoms with Gasteiger partial charge in [0.25, 0.3) is 0 Å². The molecule has 18 heavy (non-hydrogen) atoms. The van der Waals surface area contributed by atoms with Crippen LogP contribution in [-0.2, 0) is 0 Å². The van der Waals surface area contributed by atoms with Crippen LogP contribution in [0.25, 0.3) is 22.1 Å². The van der Waals surface area contributed by atoms with E-state index in [-0.39, 0.29) is 5.63 Å². The number of fused-ring (bicyclic) bond motifs is 1. The Morgan fingerprint density at radius 2 is 1.72 bits per heavy atom. The van der Waals surface area contributed by atoms with Crippen molar-refractivity contribution >= 4 is 22.4 Å². The molecule has 0 N–H and O–H groups in total. The van der Waals surface area contributed by atoms with Gasteiger partial charge in [-0.05, 0) is 23.6 Å². The Morgan fingerprint density at radius 3 is 2.50 bits per heavy atom. The largest absolute Gasteiger partial charge is 0.422 e. The van der Waals surface area contributed by atoms with Gasteiger partial charge in [0.2, 0.25) is 0 Å². The van der Waals surface area contributed by atoms with E-state index in [4.69, 9.17) is 16.0 Å². The van der Waals surface area contributed by atoms with E-state index < -0.39 is 0 Å². The normalized spacial score (nSPS) is 10.7. The van der Waals surface area contributed by atoms with Crippen molar-refractivity contribution in [2.24, 2.45) is 0 Å². The van der Waals surface area contributed by atoms with E-state index in [0.717, 1.165) is 10.9 Å². The lowest BCUT2D eigenvalue weighted by molar-refractivity contribution is 0.535. The molecule has 0 aliphatic carbocycles. The van der Waals surface area contributed by atoms with Crippen LogP contribution in [0.4, 0.5) is 0 Å². The monoisotopic (exact) mass is 256 g/mol. The van der Waals surface area contributed by atoms with Gasteiger partial charge in [-0.1, -0.05) is 48.0 Å². The van der Waals surface area contributed by atoms with Crippen LogP contribution < -0.4 is 5.63 Å². The van der Waals surface area contributed by atoms with E-state index in [1.54, 1.807) is 12.1 Å². The molecule has 2 nitrogen and oxygen atoms in total. The Hall–Kier alpha value is -2.06. The van der Waals surface area contributed by atoms with Gasteiger partial charge in [-0.3, -0.25) is 0 Å². The zero-order valence-corrected chi connectivity index (χ0v) is 10.1. The topological polar surface area (TPSA) is 30.2 Å². The van der Waals surface area contributed by atoms with Crippen molar-refractivity contribution in [2.45, 2.75) is 0 Å². The molecule has 0 fully saturated rings. The third-order valence-corrected chi connectivity index (χ3v) is 3.02. The summed E-state index contributed by atoms with van der Waals surface area (Å²) in [4.78, 5) is 11.9. The smallest absolute Gasteiger partial charge is 0.344 e. The van der Waals surface area contributed by atoms with Crippen LogP contribution in [-0.4, -0.2) is 0 Å². The number of halogens is 1. The minimum atomic E-state index is -0.367. The van der Waals surface area contributed by atoms with Crippen molar-refractivity contribution in [3.05, 3.63) is 70.0 Å². The fourth-order valence-corrected chi connectivity index (χ4v) is 2.07. The molecule has 1 aromatic heterocycles. The van der Waals surface area contributed by atoms with E-state index in [1.807, 2.05) is 42.5 Å². The SMILES string of the molecule is O=c1oc(-c2ccccc2)cc2ccc(Cl)cc12. The number of rotatable bonds is 1. The summed E-state index contributed by atoms with van der Waals surface area (Å²) in [6.45, 7) is 0. The maximum absolute atomic E-state index is 11.9. The fraction of sp³-hybridized carbons (Fsp3) is 0. The fourth-order valence-electron chi connectivity index (χ4n) is 1.90. The standard InChI is InChI=1S/C15H9ClO2/c16-12-7-6-11-8-14(10-4-2-1-3-5-10)18-15(17)13(11)9-12/h1-9H. The van der Waals surface area contributed by atoms with E-state index in [0.29, 0.717) is 16.2 Å². The van der Waals surface area contributed by atoms with Crippen molar-refractivity contribution in [3.8, 4) is 11.3 Å². The summed E-state index contributed by atoms with van der Waals surface area (Å²) in [6, 6.07) is 16.6. The van der Waals surface area contributed by atoms with Gasteiger partial charge in [0.05, 0.1) is 5.39 Å². The highest BCUT2D eigenvalue weighted by Gasteiger charge is 2.06. The Bertz CT molecular complexity index is 760. The number of benzene rings is 2. The number of hydrogen-bond donors (Lipinski definition) is 0. The van der Waals surface area contributed by atoms with Crippen molar-refractivity contribution in [3.63, 3.8) is 0 Å². The van der Waals surface area contributed by atoms with E-state index >= 15 is 0 Å². The maximum atomic E-state index is 11.9. The van der Waals surface area contributed by atoms with Gasteiger partial charge in [0, 0.05) is 10.6 Å². The molecule has 0 aliphatic rings. The van der Waals surface area contributed by atoms with Crippen LogP contribution in [0.15, 0.2) is 63.8 Å². The predicted octanol–water partition coefficient (Wildman–Crippen LogP) is 4.11. The van der Waals surface area contributed by atoms with Crippen molar-refractivity contribution < 1.29 is 4.42 Å². The van der Waals surface area contributed by atoms with Gasteiger partial charge < -0.3 is 4.42 Å². The molecule has 1 heterocycles. The molecule has 0 amide bonds. The van der Waals surface area contributed by atoms with Gasteiger partial charge in [0.15, 0.2) is 0 Å². The van der Waals surface area contributed by atoms with Crippen LogP contribution in [0.5, 0.6) is 0 Å². The van der Waals surface area contributed by atoms with E-state index in [1.165, 1.54) is 0 Å². The third kappa shape index (κ3) is 1.91. The lowest BCUT2D eigenvalue weighted by Crippen LogP contribution is -2.00. The average Bonchev–Trinajstić information content (AvgIpc) is 2.40. The quantitative estimate of drug-likeness (QED) is 0.656. The molecule has 0 aliphatic heterocycles. The van der Waals surface area contributed by atoms with Crippen LogP contribution >= 0.6 is 11.6 Å². The molecule has 0 radical (unpaired) electrons. The van der Waals surface area contributed by atoms with Crippen LogP contribution in [0.3, 0.4) is 0 Å². The zero-order valence-electron chi connectivity index (χ0n) is 9.39. The Kier molecular flexibility index (Phi) is 2.65. The van der Waals surface area contributed by atoms with Gasteiger partial charge in [-0.15, -0.1) is 0 Å². The van der Waals surface area contributed by atoms with Crippen molar-refractivity contribution in [1.82, 2.24) is 0 Å². The number of hydrogen-bond acceptors (Lipinski definition) is 2. The summed E-state index contributed by atoms with van der Waals surface area (Å²) in [5, 5.41) is 1.86. The van der Waals surface area contributed by atoms with Gasteiger partial charge >= 0.3 is 5.63 Å².